The molecule has 0 spiro atoms. The Balaban J connectivity index is 2.10. The molecule has 110 valence electrons. The molecule has 0 saturated carbocycles. The Labute approximate surface area is 122 Å². The highest BCUT2D eigenvalue weighted by molar-refractivity contribution is 5.99. The molecule has 1 atom stereocenters. The summed E-state index contributed by atoms with van der Waals surface area (Å²) in [5.41, 5.74) is 0.655. The van der Waals surface area contributed by atoms with Crippen LogP contribution in [0.2, 0.25) is 0 Å². The lowest BCUT2D eigenvalue weighted by atomic mass is 9.99. The van der Waals surface area contributed by atoms with E-state index in [1.807, 2.05) is 0 Å². The first-order chi connectivity index (χ1) is 10.0. The summed E-state index contributed by atoms with van der Waals surface area (Å²) in [6, 6.07) is 10.5. The van der Waals surface area contributed by atoms with Gasteiger partial charge in [0.15, 0.2) is 5.78 Å². The largest absolute Gasteiger partial charge is 0.508 e. The van der Waals surface area contributed by atoms with Crippen molar-refractivity contribution in [3.05, 3.63) is 53.6 Å². The summed E-state index contributed by atoms with van der Waals surface area (Å²) >= 11 is 0. The van der Waals surface area contributed by atoms with Gasteiger partial charge in [0.1, 0.15) is 17.2 Å². The number of phenols is 2. The van der Waals surface area contributed by atoms with Crippen molar-refractivity contribution in [2.45, 2.75) is 12.5 Å². The van der Waals surface area contributed by atoms with Crippen LogP contribution in [0.5, 0.6) is 17.2 Å². The van der Waals surface area contributed by atoms with E-state index in [-0.39, 0.29) is 23.5 Å². The fourth-order valence-electron chi connectivity index (χ4n) is 1.99. The minimum absolute atomic E-state index is 0.0698. The van der Waals surface area contributed by atoms with E-state index in [9.17, 15) is 20.1 Å². The van der Waals surface area contributed by atoms with E-state index in [2.05, 4.69) is 0 Å². The third-order valence-electron chi connectivity index (χ3n) is 3.16. The van der Waals surface area contributed by atoms with Crippen LogP contribution in [0.1, 0.15) is 28.4 Å². The first-order valence-electron chi connectivity index (χ1n) is 6.38. The summed E-state index contributed by atoms with van der Waals surface area (Å²) in [7, 11) is 1.54. The quantitative estimate of drug-likeness (QED) is 0.735. The van der Waals surface area contributed by atoms with Gasteiger partial charge in [-0.05, 0) is 29.8 Å². The third kappa shape index (κ3) is 3.52. The van der Waals surface area contributed by atoms with Gasteiger partial charge in [-0.15, -0.1) is 0 Å². The van der Waals surface area contributed by atoms with E-state index in [1.165, 1.54) is 12.1 Å². The van der Waals surface area contributed by atoms with Gasteiger partial charge in [-0.25, -0.2) is 0 Å². The van der Waals surface area contributed by atoms with Gasteiger partial charge in [-0.3, -0.25) is 4.79 Å². The molecule has 1 unspecified atom stereocenters. The lowest BCUT2D eigenvalue weighted by molar-refractivity contribution is 0.0877. The minimum Gasteiger partial charge on any atom is -0.508 e. The van der Waals surface area contributed by atoms with E-state index >= 15 is 0 Å². The second kappa shape index (κ2) is 6.28. The average Bonchev–Trinajstić information content (AvgIpc) is 2.47. The lowest BCUT2D eigenvalue weighted by Crippen LogP contribution is -2.07. The maximum absolute atomic E-state index is 12.1. The highest BCUT2D eigenvalue weighted by atomic mass is 16.5. The number of carbonyl (C=O) groups excluding carboxylic acids is 1. The van der Waals surface area contributed by atoms with Crippen LogP contribution in [0.15, 0.2) is 42.5 Å². The summed E-state index contributed by atoms with van der Waals surface area (Å²) in [6.45, 7) is 0. The Bertz CT molecular complexity index is 634. The predicted molar refractivity (Wildman–Crippen MR) is 76.7 cm³/mol. The molecule has 0 bridgehead atoms. The number of phenolic OH excluding ortho intramolecular Hbond substituents is 2. The number of ketones is 1. The zero-order chi connectivity index (χ0) is 15.4. The van der Waals surface area contributed by atoms with Crippen LogP contribution in [-0.4, -0.2) is 28.2 Å². The van der Waals surface area contributed by atoms with E-state index in [0.29, 0.717) is 11.3 Å². The number of ether oxygens (including phenoxy) is 1. The second-order valence-corrected chi connectivity index (χ2v) is 4.62. The molecule has 0 saturated heterocycles. The van der Waals surface area contributed by atoms with Crippen molar-refractivity contribution < 1.29 is 24.9 Å². The van der Waals surface area contributed by atoms with Crippen molar-refractivity contribution in [2.75, 3.05) is 7.11 Å². The highest BCUT2D eigenvalue weighted by Gasteiger charge is 2.17. The van der Waals surface area contributed by atoms with Gasteiger partial charge in [0.05, 0.1) is 18.8 Å². The van der Waals surface area contributed by atoms with Crippen LogP contribution in [0.25, 0.3) is 0 Å². The van der Waals surface area contributed by atoms with E-state index in [1.54, 1.807) is 31.4 Å². The Morgan fingerprint density at radius 1 is 1.14 bits per heavy atom. The van der Waals surface area contributed by atoms with Gasteiger partial charge in [0.25, 0.3) is 0 Å². The van der Waals surface area contributed by atoms with Crippen LogP contribution in [0, 0.1) is 0 Å². The molecule has 3 N–H and O–H groups in total. The molecule has 2 aromatic rings. The van der Waals surface area contributed by atoms with Crippen LogP contribution >= 0.6 is 0 Å². The molecular weight excluding hydrogens is 272 g/mol. The van der Waals surface area contributed by atoms with Crippen molar-refractivity contribution in [3.8, 4) is 17.2 Å². The van der Waals surface area contributed by atoms with Gasteiger partial charge in [-0.1, -0.05) is 12.1 Å². The number of rotatable bonds is 5. The third-order valence-corrected chi connectivity index (χ3v) is 3.16. The number of aliphatic hydroxyl groups excluding tert-OH is 1. The number of aromatic hydroxyl groups is 2. The molecule has 2 rings (SSSR count). The maximum atomic E-state index is 12.1. The summed E-state index contributed by atoms with van der Waals surface area (Å²) < 4.78 is 5.02. The zero-order valence-corrected chi connectivity index (χ0v) is 11.5. The average molecular weight is 288 g/mol. The Morgan fingerprint density at radius 2 is 1.81 bits per heavy atom. The Kier molecular flexibility index (Phi) is 4.45. The molecule has 0 heterocycles. The van der Waals surface area contributed by atoms with Gasteiger partial charge in [0, 0.05) is 12.5 Å². The van der Waals surface area contributed by atoms with E-state index in [0.717, 1.165) is 6.07 Å². The molecule has 0 amide bonds. The molecule has 0 aliphatic rings. The van der Waals surface area contributed by atoms with Crippen molar-refractivity contribution in [3.63, 3.8) is 0 Å². The molecule has 0 radical (unpaired) electrons. The molecule has 0 fully saturated rings. The fraction of sp³-hybridized carbons (Fsp3) is 0.188. The number of hydrogen-bond donors (Lipinski definition) is 3. The van der Waals surface area contributed by atoms with E-state index < -0.39 is 11.9 Å². The number of carbonyl (C=O) groups is 1. The first-order valence-corrected chi connectivity index (χ1v) is 6.38. The number of methoxy groups -OCH3 is 1. The summed E-state index contributed by atoms with van der Waals surface area (Å²) in [6.07, 6.45) is -1.14. The number of benzene rings is 2. The minimum atomic E-state index is -0.975. The number of aliphatic hydroxyl groups is 1. The lowest BCUT2D eigenvalue weighted by Gasteiger charge is -2.11. The topological polar surface area (TPSA) is 87.0 Å². The van der Waals surface area contributed by atoms with Gasteiger partial charge < -0.3 is 20.1 Å². The molecular formula is C16H16O5. The molecule has 0 aliphatic heterocycles. The van der Waals surface area contributed by atoms with Crippen molar-refractivity contribution in [1.29, 1.82) is 0 Å². The van der Waals surface area contributed by atoms with Crippen molar-refractivity contribution >= 4 is 5.78 Å². The first kappa shape index (κ1) is 14.9. The van der Waals surface area contributed by atoms with Crippen LogP contribution in [0.4, 0.5) is 0 Å². The summed E-state index contributed by atoms with van der Waals surface area (Å²) in [5.74, 6) is -0.175. The Morgan fingerprint density at radius 3 is 2.38 bits per heavy atom. The van der Waals surface area contributed by atoms with Crippen LogP contribution in [0.3, 0.4) is 0 Å². The summed E-state index contributed by atoms with van der Waals surface area (Å²) in [4.78, 5) is 12.1. The van der Waals surface area contributed by atoms with Crippen molar-refractivity contribution in [1.82, 2.24) is 0 Å². The number of hydrogen-bond acceptors (Lipinski definition) is 5. The predicted octanol–water partition coefficient (Wildman–Crippen LogP) is 2.41. The normalized spacial score (nSPS) is 11.9. The SMILES string of the molecule is COc1ccc(C(O)CC(=O)c2ccc(O)cc2O)cc1. The molecule has 0 aliphatic carbocycles. The van der Waals surface area contributed by atoms with Crippen molar-refractivity contribution in [2.24, 2.45) is 0 Å². The maximum Gasteiger partial charge on any atom is 0.169 e. The number of Topliss-reactive ketones (excluding diaryl/α,β-unsaturated/α-hetero) is 1. The van der Waals surface area contributed by atoms with Gasteiger partial charge >= 0.3 is 0 Å². The van der Waals surface area contributed by atoms with Gasteiger partial charge in [-0.2, -0.15) is 0 Å². The van der Waals surface area contributed by atoms with Gasteiger partial charge in [0.2, 0.25) is 0 Å². The highest BCUT2D eigenvalue weighted by Crippen LogP contribution is 2.27. The zero-order valence-electron chi connectivity index (χ0n) is 11.5. The van der Waals surface area contributed by atoms with Crippen LogP contribution < -0.4 is 4.74 Å². The fourth-order valence-corrected chi connectivity index (χ4v) is 1.99. The molecule has 5 heteroatoms. The Hall–Kier alpha value is -2.53. The molecule has 21 heavy (non-hydrogen) atoms. The van der Waals surface area contributed by atoms with Crippen LogP contribution in [-0.2, 0) is 0 Å². The second-order valence-electron chi connectivity index (χ2n) is 4.62. The molecule has 2 aromatic carbocycles. The molecule has 0 aromatic heterocycles. The molecule has 5 nitrogen and oxygen atoms in total. The van der Waals surface area contributed by atoms with E-state index in [4.69, 9.17) is 4.74 Å². The standard InChI is InChI=1S/C16H16O5/c1-21-12-5-2-10(3-6-12)14(18)9-16(20)13-7-4-11(17)8-15(13)19/h2-8,14,17-19H,9H2,1H3. The smallest absolute Gasteiger partial charge is 0.169 e. The monoisotopic (exact) mass is 288 g/mol. The summed E-state index contributed by atoms with van der Waals surface area (Å²) in [5, 5.41) is 28.9.